The van der Waals surface area contributed by atoms with Crippen molar-refractivity contribution in [3.8, 4) is 0 Å². The lowest BCUT2D eigenvalue weighted by molar-refractivity contribution is 0.474. The lowest BCUT2D eigenvalue weighted by atomic mass is 10.1. The summed E-state index contributed by atoms with van der Waals surface area (Å²) < 4.78 is 15.1. The van der Waals surface area contributed by atoms with E-state index in [2.05, 4.69) is 10.3 Å². The number of nitrogens with one attached hydrogen (secondary N) is 1. The van der Waals surface area contributed by atoms with Crippen LogP contribution in [-0.4, -0.2) is 29.5 Å². The van der Waals surface area contributed by atoms with E-state index in [1.807, 2.05) is 48.3 Å². The van der Waals surface area contributed by atoms with Gasteiger partial charge in [-0.05, 0) is 34.9 Å². The normalized spacial score (nSPS) is 11.0. The Hall–Kier alpha value is -2.68. The van der Waals surface area contributed by atoms with Crippen LogP contribution >= 0.6 is 24.0 Å². The van der Waals surface area contributed by atoms with Crippen molar-refractivity contribution in [2.75, 3.05) is 14.1 Å². The number of hydrogen-bond donors (Lipinski definition) is 1. The number of guanidine groups is 1. The van der Waals surface area contributed by atoms with Crippen LogP contribution in [0.5, 0.6) is 0 Å². The maximum atomic E-state index is 13.4. The highest BCUT2D eigenvalue weighted by Gasteiger charge is 2.07. The topological polar surface area (TPSA) is 49.6 Å². The molecule has 0 aliphatic heterocycles. The van der Waals surface area contributed by atoms with E-state index in [1.54, 1.807) is 36.0 Å². The minimum Gasteiger partial charge on any atom is -0.352 e. The van der Waals surface area contributed by atoms with Crippen molar-refractivity contribution in [2.24, 2.45) is 4.99 Å². The first-order valence-electron chi connectivity index (χ1n) is 9.44. The van der Waals surface area contributed by atoms with E-state index >= 15 is 0 Å². The van der Waals surface area contributed by atoms with Crippen LogP contribution in [0.2, 0.25) is 0 Å². The van der Waals surface area contributed by atoms with Gasteiger partial charge in [-0.15, -0.1) is 24.0 Å². The number of halogens is 2. The smallest absolute Gasteiger partial charge is 0.250 e. The molecule has 3 aromatic rings. The highest BCUT2D eigenvalue weighted by atomic mass is 127. The summed E-state index contributed by atoms with van der Waals surface area (Å²) >= 11 is 0. The van der Waals surface area contributed by atoms with E-state index in [0.29, 0.717) is 19.6 Å². The predicted octanol–water partition coefficient (Wildman–Crippen LogP) is 3.86. The molecule has 7 heteroatoms. The SMILES string of the molecule is CN=C(NCc1ccc(Cn2ccccc2=O)cc1)N(C)Cc1cccc(F)c1.I. The number of nitrogens with zero attached hydrogens (tertiary/aromatic N) is 3. The summed E-state index contributed by atoms with van der Waals surface area (Å²) in [5.74, 6) is 0.492. The lowest BCUT2D eigenvalue weighted by Gasteiger charge is -2.22. The molecule has 0 atom stereocenters. The zero-order valence-corrected chi connectivity index (χ0v) is 19.4. The molecule has 0 saturated heterocycles. The molecule has 0 saturated carbocycles. The highest BCUT2D eigenvalue weighted by molar-refractivity contribution is 14.0. The Labute approximate surface area is 193 Å². The second-order valence-corrected chi connectivity index (χ2v) is 6.87. The maximum Gasteiger partial charge on any atom is 0.250 e. The molecule has 30 heavy (non-hydrogen) atoms. The average Bonchev–Trinajstić information content (AvgIpc) is 2.71. The molecule has 1 aromatic heterocycles. The molecular weight excluding hydrogens is 494 g/mol. The number of rotatable bonds is 6. The van der Waals surface area contributed by atoms with Gasteiger partial charge in [-0.1, -0.05) is 42.5 Å². The number of aliphatic imine (C=N–C) groups is 1. The summed E-state index contributed by atoms with van der Waals surface area (Å²) in [4.78, 5) is 18.1. The predicted molar refractivity (Wildman–Crippen MR) is 130 cm³/mol. The standard InChI is InChI=1S/C23H25FN4O.HI/c1-25-23(27(2)16-20-6-5-7-21(24)14-20)26-15-18-9-11-19(12-10-18)17-28-13-4-3-8-22(28)29;/h3-14H,15-17H2,1-2H3,(H,25,26);1H. The van der Waals surface area contributed by atoms with Gasteiger partial charge in [-0.2, -0.15) is 0 Å². The Kier molecular flexibility index (Phi) is 9.04. The van der Waals surface area contributed by atoms with Crippen molar-refractivity contribution < 1.29 is 4.39 Å². The van der Waals surface area contributed by atoms with Gasteiger partial charge in [-0.25, -0.2) is 4.39 Å². The van der Waals surface area contributed by atoms with Crippen molar-refractivity contribution >= 4 is 29.9 Å². The molecule has 0 radical (unpaired) electrons. The summed E-state index contributed by atoms with van der Waals surface area (Å²) in [6.07, 6.45) is 1.79. The van der Waals surface area contributed by atoms with Crippen LogP contribution in [0.1, 0.15) is 16.7 Å². The molecule has 0 aliphatic rings. The van der Waals surface area contributed by atoms with Crippen LogP contribution in [0.25, 0.3) is 0 Å². The van der Waals surface area contributed by atoms with Crippen molar-refractivity contribution in [1.29, 1.82) is 0 Å². The van der Waals surface area contributed by atoms with E-state index in [1.165, 1.54) is 12.1 Å². The van der Waals surface area contributed by atoms with Gasteiger partial charge in [0.1, 0.15) is 5.82 Å². The molecule has 0 unspecified atom stereocenters. The van der Waals surface area contributed by atoms with Gasteiger partial charge in [0, 0.05) is 39.4 Å². The first-order chi connectivity index (χ1) is 14.0. The molecule has 3 rings (SSSR count). The third-order valence-corrected chi connectivity index (χ3v) is 4.61. The molecular formula is C23H26FIN4O. The van der Waals surface area contributed by atoms with Crippen LogP contribution in [0.15, 0.2) is 82.7 Å². The molecule has 0 fully saturated rings. The Morgan fingerprint density at radius 3 is 2.43 bits per heavy atom. The fourth-order valence-corrected chi connectivity index (χ4v) is 3.10. The summed E-state index contributed by atoms with van der Waals surface area (Å²) in [6, 6.07) is 19.8. The minimum atomic E-state index is -0.239. The Morgan fingerprint density at radius 2 is 1.77 bits per heavy atom. The monoisotopic (exact) mass is 520 g/mol. The third-order valence-electron chi connectivity index (χ3n) is 4.61. The zero-order chi connectivity index (χ0) is 20.6. The van der Waals surface area contributed by atoms with E-state index in [-0.39, 0.29) is 35.4 Å². The summed E-state index contributed by atoms with van der Waals surface area (Å²) in [5.41, 5.74) is 3.04. The van der Waals surface area contributed by atoms with E-state index in [0.717, 1.165) is 22.6 Å². The van der Waals surface area contributed by atoms with Gasteiger partial charge in [-0.3, -0.25) is 9.79 Å². The zero-order valence-electron chi connectivity index (χ0n) is 17.1. The quantitative estimate of drug-likeness (QED) is 0.305. The van der Waals surface area contributed by atoms with Gasteiger partial charge in [0.05, 0.1) is 6.54 Å². The van der Waals surface area contributed by atoms with Gasteiger partial charge in [0.25, 0.3) is 5.56 Å². The molecule has 1 N–H and O–H groups in total. The summed E-state index contributed by atoms with van der Waals surface area (Å²) in [5, 5.41) is 3.33. The Morgan fingerprint density at radius 1 is 1.03 bits per heavy atom. The van der Waals surface area contributed by atoms with Crippen LogP contribution in [0, 0.1) is 5.82 Å². The molecule has 0 amide bonds. The molecule has 2 aromatic carbocycles. The van der Waals surface area contributed by atoms with Crippen molar-refractivity contribution in [3.05, 3.63) is 106 Å². The van der Waals surface area contributed by atoms with Gasteiger partial charge in [0.15, 0.2) is 5.96 Å². The van der Waals surface area contributed by atoms with Crippen molar-refractivity contribution in [1.82, 2.24) is 14.8 Å². The van der Waals surface area contributed by atoms with Crippen LogP contribution in [-0.2, 0) is 19.6 Å². The van der Waals surface area contributed by atoms with E-state index in [4.69, 9.17) is 0 Å². The number of benzene rings is 2. The molecule has 0 aliphatic carbocycles. The first kappa shape index (κ1) is 23.6. The minimum absolute atomic E-state index is 0. The molecule has 158 valence electrons. The first-order valence-corrected chi connectivity index (χ1v) is 9.44. The molecule has 1 heterocycles. The van der Waals surface area contributed by atoms with Crippen LogP contribution in [0.3, 0.4) is 0 Å². The van der Waals surface area contributed by atoms with E-state index < -0.39 is 0 Å². The fourth-order valence-electron chi connectivity index (χ4n) is 3.10. The highest BCUT2D eigenvalue weighted by Crippen LogP contribution is 2.08. The Balaban J connectivity index is 0.00000320. The fraction of sp³-hybridized carbons (Fsp3) is 0.217. The van der Waals surface area contributed by atoms with E-state index in [9.17, 15) is 9.18 Å². The molecule has 0 spiro atoms. The van der Waals surface area contributed by atoms with Gasteiger partial charge >= 0.3 is 0 Å². The van der Waals surface area contributed by atoms with Crippen molar-refractivity contribution in [2.45, 2.75) is 19.6 Å². The third kappa shape index (κ3) is 6.69. The number of aromatic nitrogens is 1. The van der Waals surface area contributed by atoms with Gasteiger partial charge in [0.2, 0.25) is 0 Å². The maximum absolute atomic E-state index is 13.4. The number of pyridine rings is 1. The molecule has 5 nitrogen and oxygen atoms in total. The Bertz CT molecular complexity index is 1030. The second-order valence-electron chi connectivity index (χ2n) is 6.87. The van der Waals surface area contributed by atoms with Gasteiger partial charge < -0.3 is 14.8 Å². The summed E-state index contributed by atoms with van der Waals surface area (Å²) in [6.45, 7) is 1.72. The van der Waals surface area contributed by atoms with Crippen molar-refractivity contribution in [3.63, 3.8) is 0 Å². The largest absolute Gasteiger partial charge is 0.352 e. The summed E-state index contributed by atoms with van der Waals surface area (Å²) in [7, 11) is 3.64. The van der Waals surface area contributed by atoms with Crippen LogP contribution < -0.4 is 10.9 Å². The molecule has 0 bridgehead atoms. The number of hydrogen-bond acceptors (Lipinski definition) is 2. The second kappa shape index (κ2) is 11.5. The van der Waals surface area contributed by atoms with Crippen LogP contribution in [0.4, 0.5) is 4.39 Å². The lowest BCUT2D eigenvalue weighted by Crippen LogP contribution is -2.38. The average molecular weight is 520 g/mol.